The van der Waals surface area contributed by atoms with Gasteiger partial charge in [0.15, 0.2) is 34.7 Å². The summed E-state index contributed by atoms with van der Waals surface area (Å²) in [6.07, 6.45) is 3.15. The second kappa shape index (κ2) is 9.02. The third-order valence-corrected chi connectivity index (χ3v) is 8.08. The number of rotatable bonds is 5. The Morgan fingerprint density at radius 2 is 1.95 bits per heavy atom. The molecule has 2 unspecified atom stereocenters. The van der Waals surface area contributed by atoms with Gasteiger partial charge in [0.2, 0.25) is 5.91 Å². The zero-order valence-corrected chi connectivity index (χ0v) is 20.9. The summed E-state index contributed by atoms with van der Waals surface area (Å²) in [4.78, 5) is 70.8. The van der Waals surface area contributed by atoms with E-state index in [2.05, 4.69) is 10.3 Å². The van der Waals surface area contributed by atoms with E-state index in [1.807, 2.05) is 4.90 Å². The number of Topliss-reactive ketones (excluding diaryl/α,β-unsaturated/α-hetero) is 4. The molecule has 0 aliphatic heterocycles. The number of carbonyl (C=O) groups excluding carboxylic acids is 5. The normalized spacial score (nSPS) is 28.3. The van der Waals surface area contributed by atoms with E-state index in [4.69, 9.17) is 5.73 Å². The first-order chi connectivity index (χ1) is 18.0. The van der Waals surface area contributed by atoms with E-state index in [9.17, 15) is 34.2 Å². The highest BCUT2D eigenvalue weighted by molar-refractivity contribution is 6.31. The lowest BCUT2D eigenvalue weighted by atomic mass is 9.53. The number of benzene rings is 1. The van der Waals surface area contributed by atoms with Crippen LogP contribution in [-0.2, 0) is 32.1 Å². The van der Waals surface area contributed by atoms with Gasteiger partial charge in [-0.25, -0.2) is 0 Å². The number of ketones is 4. The molecule has 2 aromatic rings. The van der Waals surface area contributed by atoms with E-state index in [1.54, 1.807) is 44.7 Å². The molecule has 3 aliphatic rings. The minimum absolute atomic E-state index is 0.0263. The molecule has 5 atom stereocenters. The summed E-state index contributed by atoms with van der Waals surface area (Å²) in [7, 11) is 3.60. The molecular weight excluding hydrogens is 492 g/mol. The average molecular weight is 521 g/mol. The molecule has 1 amide bonds. The van der Waals surface area contributed by atoms with Crippen LogP contribution in [0, 0.1) is 23.7 Å². The second-order valence-electron chi connectivity index (χ2n) is 10.5. The maximum absolute atomic E-state index is 13.9. The largest absolute Gasteiger partial charge is 0.507 e. The van der Waals surface area contributed by atoms with Crippen LogP contribution in [0.1, 0.15) is 34.3 Å². The summed E-state index contributed by atoms with van der Waals surface area (Å²) in [5.41, 5.74) is 4.90. The Labute approximate surface area is 218 Å². The molecule has 5 N–H and O–H groups in total. The molecule has 0 spiro atoms. The van der Waals surface area contributed by atoms with Crippen molar-refractivity contribution in [1.29, 1.82) is 0 Å². The summed E-state index contributed by atoms with van der Waals surface area (Å²) >= 11 is 0. The topological polar surface area (TPSA) is 180 Å². The molecular formula is C27H28N4O7. The van der Waals surface area contributed by atoms with Crippen LogP contribution in [0.3, 0.4) is 0 Å². The van der Waals surface area contributed by atoms with E-state index >= 15 is 0 Å². The lowest BCUT2D eigenvalue weighted by Gasteiger charge is -2.48. The molecule has 198 valence electrons. The fourth-order valence-electron chi connectivity index (χ4n) is 6.27. The smallest absolute Gasteiger partial charge is 0.235 e. The number of aromatic hydroxyl groups is 1. The minimum Gasteiger partial charge on any atom is -0.507 e. The highest BCUT2D eigenvalue weighted by Crippen LogP contribution is 2.51. The average Bonchev–Trinajstić information content (AvgIpc) is 2.86. The van der Waals surface area contributed by atoms with Crippen LogP contribution in [0.15, 0.2) is 30.6 Å². The van der Waals surface area contributed by atoms with Gasteiger partial charge in [0.1, 0.15) is 5.75 Å². The first-order valence-electron chi connectivity index (χ1n) is 12.3. The molecule has 1 heterocycles. The van der Waals surface area contributed by atoms with E-state index in [0.29, 0.717) is 22.5 Å². The number of nitrogens with zero attached hydrogens (tertiary/aromatic N) is 2. The number of nitrogens with two attached hydrogens (primary N) is 1. The molecule has 0 bridgehead atoms. The molecule has 38 heavy (non-hydrogen) atoms. The Hall–Kier alpha value is -4.12. The molecule has 2 fully saturated rings. The maximum Gasteiger partial charge on any atom is 0.235 e. The monoisotopic (exact) mass is 520 g/mol. The van der Waals surface area contributed by atoms with E-state index in [1.165, 1.54) is 0 Å². The van der Waals surface area contributed by atoms with Crippen LogP contribution in [-0.4, -0.2) is 63.9 Å². The van der Waals surface area contributed by atoms with Crippen LogP contribution in [0.2, 0.25) is 0 Å². The van der Waals surface area contributed by atoms with Gasteiger partial charge in [-0.1, -0.05) is 0 Å². The summed E-state index contributed by atoms with van der Waals surface area (Å²) in [5.74, 6) is -10.2. The van der Waals surface area contributed by atoms with Crippen molar-refractivity contribution in [2.24, 2.45) is 29.4 Å². The molecule has 1 aromatic heterocycles. The number of nitrogens with one attached hydrogen (secondary N) is 1. The van der Waals surface area contributed by atoms with Crippen LogP contribution < -0.4 is 16.0 Å². The van der Waals surface area contributed by atoms with Gasteiger partial charge in [-0.15, -0.1) is 0 Å². The number of pyridine rings is 1. The van der Waals surface area contributed by atoms with Gasteiger partial charge in [-0.2, -0.15) is 0 Å². The van der Waals surface area contributed by atoms with Crippen molar-refractivity contribution in [2.45, 2.75) is 31.4 Å². The quantitative estimate of drug-likeness (QED) is 0.403. The van der Waals surface area contributed by atoms with Gasteiger partial charge in [-0.05, 0) is 42.5 Å². The zero-order chi connectivity index (χ0) is 27.5. The van der Waals surface area contributed by atoms with Crippen molar-refractivity contribution >= 4 is 40.4 Å². The van der Waals surface area contributed by atoms with Gasteiger partial charge in [-0.3, -0.25) is 29.0 Å². The third-order valence-electron chi connectivity index (χ3n) is 8.08. The third kappa shape index (κ3) is 3.68. The number of anilines is 2. The molecule has 1 aromatic carbocycles. The van der Waals surface area contributed by atoms with Gasteiger partial charge >= 0.3 is 0 Å². The fraction of sp³-hybridized carbons (Fsp3) is 0.407. The Balaban J connectivity index is 1.56. The summed E-state index contributed by atoms with van der Waals surface area (Å²) in [5, 5.41) is 25.7. The number of phenols is 1. The Morgan fingerprint density at radius 1 is 1.21 bits per heavy atom. The van der Waals surface area contributed by atoms with E-state index in [0.717, 1.165) is 0 Å². The van der Waals surface area contributed by atoms with E-state index < -0.39 is 58.3 Å². The Bertz CT molecular complexity index is 1390. The van der Waals surface area contributed by atoms with Gasteiger partial charge in [0.25, 0.3) is 0 Å². The molecule has 0 radical (unpaired) electrons. The molecule has 3 aliphatic carbocycles. The first-order valence-corrected chi connectivity index (χ1v) is 12.3. The van der Waals surface area contributed by atoms with Crippen molar-refractivity contribution in [3.05, 3.63) is 47.3 Å². The lowest BCUT2D eigenvalue weighted by molar-refractivity contribution is -0.175. The van der Waals surface area contributed by atoms with Crippen LogP contribution in [0.4, 0.5) is 11.4 Å². The molecule has 5 rings (SSSR count). The lowest BCUT2D eigenvalue weighted by Crippen LogP contribution is -2.68. The SMILES string of the molecule is CN(C)c1cc(CNc2cccnc2)c(O)c2c1C[C@H]1C[C@H]3CC(=O)C(C(N)=O)C(=O)[C@@]3(O)C(=O)C1C2=O. The van der Waals surface area contributed by atoms with Crippen LogP contribution in [0.25, 0.3) is 0 Å². The van der Waals surface area contributed by atoms with Gasteiger partial charge < -0.3 is 26.2 Å². The first kappa shape index (κ1) is 25.5. The highest BCUT2D eigenvalue weighted by Gasteiger charge is 2.66. The number of hydrogen-bond acceptors (Lipinski definition) is 10. The number of aliphatic hydroxyl groups is 1. The molecule has 11 nitrogen and oxygen atoms in total. The maximum atomic E-state index is 13.9. The summed E-state index contributed by atoms with van der Waals surface area (Å²) in [6.45, 7) is 0.161. The van der Waals surface area contributed by atoms with Crippen LogP contribution in [0.5, 0.6) is 5.75 Å². The Kier molecular flexibility index (Phi) is 6.06. The summed E-state index contributed by atoms with van der Waals surface area (Å²) < 4.78 is 0. The molecule has 11 heteroatoms. The van der Waals surface area contributed by atoms with Crippen molar-refractivity contribution in [1.82, 2.24) is 4.98 Å². The van der Waals surface area contributed by atoms with Gasteiger partial charge in [0.05, 0.1) is 17.2 Å². The number of carbonyl (C=O) groups is 5. The molecule has 2 saturated carbocycles. The molecule has 0 saturated heterocycles. The van der Waals surface area contributed by atoms with Crippen molar-refractivity contribution in [2.75, 3.05) is 24.3 Å². The summed E-state index contributed by atoms with van der Waals surface area (Å²) in [6, 6.07) is 5.32. The standard InChI is InChI=1S/C27H28N4O7/c1-31(2)17-8-13(10-30-15-4-3-5-29-11-15)22(33)20-16(17)7-12-6-14-9-18(32)21(26(28)37)25(36)27(14,38)24(35)19(12)23(20)34/h3-5,8,11-12,14,19,21,30,33,38H,6-7,9-10H2,1-2H3,(H2,28,37)/t12-,14+,19?,21?,27+/m1/s1. The number of hydrogen-bond donors (Lipinski definition) is 4. The second-order valence-corrected chi connectivity index (χ2v) is 10.5. The minimum atomic E-state index is -2.67. The number of primary amides is 1. The Morgan fingerprint density at radius 3 is 2.58 bits per heavy atom. The van der Waals surface area contributed by atoms with E-state index in [-0.39, 0.29) is 37.1 Å². The van der Waals surface area contributed by atoms with Crippen molar-refractivity contribution in [3.8, 4) is 5.75 Å². The number of fused-ring (bicyclic) bond motifs is 3. The zero-order valence-electron chi connectivity index (χ0n) is 20.9. The number of aromatic nitrogens is 1. The van der Waals surface area contributed by atoms with Crippen LogP contribution >= 0.6 is 0 Å². The number of phenolic OH excluding ortho intramolecular Hbond substituents is 1. The van der Waals surface area contributed by atoms with Crippen molar-refractivity contribution in [3.63, 3.8) is 0 Å². The van der Waals surface area contributed by atoms with Crippen molar-refractivity contribution < 1.29 is 34.2 Å². The highest BCUT2D eigenvalue weighted by atomic mass is 16.3. The predicted molar refractivity (Wildman–Crippen MR) is 134 cm³/mol. The predicted octanol–water partition coefficient (Wildman–Crippen LogP) is 0.400. The van der Waals surface area contributed by atoms with Gasteiger partial charge in [0, 0.05) is 56.6 Å². The number of amides is 1. The fourth-order valence-corrected chi connectivity index (χ4v) is 6.27.